The molecular formula is C40H50BF4N5. The predicted octanol–water partition coefficient (Wildman–Crippen LogP) is 7.40. The van der Waals surface area contributed by atoms with Crippen LogP contribution in [0.2, 0.25) is 0 Å². The molecule has 0 amide bonds. The van der Waals surface area contributed by atoms with Gasteiger partial charge in [-0.1, -0.05) is 89.1 Å². The van der Waals surface area contributed by atoms with E-state index in [4.69, 9.17) is 0 Å². The van der Waals surface area contributed by atoms with Gasteiger partial charge < -0.3 is 9.60 Å². The Hall–Kier alpha value is -4.21. The van der Waals surface area contributed by atoms with Crippen LogP contribution in [0.4, 0.5) is 24.3 Å². The van der Waals surface area contributed by atoms with Crippen molar-refractivity contribution in [3.63, 3.8) is 0 Å². The molecule has 0 saturated carbocycles. The van der Waals surface area contributed by atoms with Crippen LogP contribution in [0, 0.1) is 0 Å². The van der Waals surface area contributed by atoms with Crippen LogP contribution in [0.25, 0.3) is 5.70 Å². The second-order valence-corrected chi connectivity index (χ2v) is 14.1. The van der Waals surface area contributed by atoms with Crippen molar-refractivity contribution in [3.05, 3.63) is 113 Å². The number of hydrogen-bond acceptors (Lipinski definition) is 3. The first-order valence-electron chi connectivity index (χ1n) is 17.7. The zero-order valence-electron chi connectivity index (χ0n) is 30.3. The molecule has 5 nitrogen and oxygen atoms in total. The first-order chi connectivity index (χ1) is 23.5. The molecule has 0 radical (unpaired) electrons. The van der Waals surface area contributed by atoms with Crippen molar-refractivity contribution in [2.45, 2.75) is 97.3 Å². The van der Waals surface area contributed by atoms with E-state index in [0.717, 1.165) is 32.4 Å². The lowest BCUT2D eigenvalue weighted by Gasteiger charge is -2.27. The largest absolute Gasteiger partial charge is 1.00 e. The molecule has 0 spiro atoms. The van der Waals surface area contributed by atoms with E-state index in [1.165, 1.54) is 76.4 Å². The van der Waals surface area contributed by atoms with Crippen molar-refractivity contribution in [1.82, 2.24) is 14.8 Å². The van der Waals surface area contributed by atoms with Crippen molar-refractivity contribution in [3.8, 4) is 0 Å². The number of aromatic nitrogens is 3. The maximum absolute atomic E-state index is 9.67. The third kappa shape index (κ3) is 7.89. The number of allylic oxidation sites excluding steroid dienone is 8. The Morgan fingerprint density at radius 2 is 1.54 bits per heavy atom. The molecule has 1 aliphatic carbocycles. The highest BCUT2D eigenvalue weighted by molar-refractivity contribution is 6.33. The van der Waals surface area contributed by atoms with Crippen molar-refractivity contribution < 1.29 is 22.2 Å². The van der Waals surface area contributed by atoms with Crippen LogP contribution < -0.4 is 9.60 Å². The molecule has 3 aliphatic rings. The molecule has 2 aromatic carbocycles. The van der Waals surface area contributed by atoms with Gasteiger partial charge in [-0.15, -0.1) is 0 Å². The van der Waals surface area contributed by atoms with Crippen LogP contribution in [0.5, 0.6) is 0 Å². The van der Waals surface area contributed by atoms with Gasteiger partial charge >= 0.3 is 7.54 Å². The second kappa shape index (κ2) is 16.7. The Bertz CT molecular complexity index is 1770. The Balaban J connectivity index is 0.00000107. The lowest BCUT2D eigenvalue weighted by atomic mass is 9.81. The minimum absolute atomic E-state index is 0. The Morgan fingerprint density at radius 1 is 0.860 bits per heavy atom. The molecule has 0 atom stereocenters. The van der Waals surface area contributed by atoms with Crippen LogP contribution in [-0.4, -0.2) is 45.7 Å². The van der Waals surface area contributed by atoms with Crippen molar-refractivity contribution in [2.24, 2.45) is 0 Å². The lowest BCUT2D eigenvalue weighted by Crippen LogP contribution is -3.00. The van der Waals surface area contributed by atoms with Crippen LogP contribution in [0.3, 0.4) is 0 Å². The molecule has 3 heterocycles. The van der Waals surface area contributed by atoms with Gasteiger partial charge in [-0.3, -0.25) is 12.9 Å². The van der Waals surface area contributed by atoms with E-state index in [9.17, 15) is 12.9 Å². The summed E-state index contributed by atoms with van der Waals surface area (Å²) in [4.78, 5) is 6.92. The van der Waals surface area contributed by atoms with E-state index in [0.29, 0.717) is 0 Å². The van der Waals surface area contributed by atoms with Gasteiger partial charge in [-0.05, 0) is 68.4 Å². The number of unbranched alkanes of at least 4 members (excludes halogenated alkanes) is 2. The summed E-state index contributed by atoms with van der Waals surface area (Å²) >= 11 is 0. The van der Waals surface area contributed by atoms with Crippen LogP contribution in [0.15, 0.2) is 102 Å². The third-order valence-electron chi connectivity index (χ3n) is 10.1. The second-order valence-electron chi connectivity index (χ2n) is 14.1. The summed E-state index contributed by atoms with van der Waals surface area (Å²) in [7, 11) is -3.67. The lowest BCUT2D eigenvalue weighted by molar-refractivity contribution is -0.438. The first kappa shape index (κ1) is 38.6. The number of halogens is 4. The molecule has 3 aromatic rings. The number of anilines is 1. The molecule has 266 valence electrons. The van der Waals surface area contributed by atoms with Crippen LogP contribution >= 0.6 is 0 Å². The number of hydrogen-bond donors (Lipinski definition) is 0. The number of nitrogens with zero attached hydrogens (tertiary/aromatic N) is 5. The smallest absolute Gasteiger partial charge is 0.762 e. The fourth-order valence-electron chi connectivity index (χ4n) is 7.61. The SMILES string of the molecule is CCCCN1/C(=C/C=C2\CCCC(/C=C/C3=[N+](CCCC)c4ccccc4C3(C)C)=C2n2cncn2)C(C)(C)c2ccccc21.FB(F)F.[F-]. The predicted molar refractivity (Wildman–Crippen MR) is 197 cm³/mol. The molecule has 0 N–H and O–H groups in total. The summed E-state index contributed by atoms with van der Waals surface area (Å²) in [6, 6.07) is 17.9. The van der Waals surface area contributed by atoms with E-state index in [2.05, 4.69) is 134 Å². The number of para-hydroxylation sites is 2. The summed E-state index contributed by atoms with van der Waals surface area (Å²) in [5.74, 6) is 0. The van der Waals surface area contributed by atoms with Crippen molar-refractivity contribution in [2.75, 3.05) is 18.0 Å². The van der Waals surface area contributed by atoms with E-state index < -0.39 is 7.54 Å². The van der Waals surface area contributed by atoms with Crippen LogP contribution in [0.1, 0.15) is 97.6 Å². The zero-order chi connectivity index (χ0) is 35.2. The normalized spacial score (nSPS) is 19.1. The number of rotatable bonds is 10. The summed E-state index contributed by atoms with van der Waals surface area (Å²) in [5, 5.41) is 4.66. The van der Waals surface area contributed by atoms with Crippen molar-refractivity contribution >= 4 is 30.3 Å². The van der Waals surface area contributed by atoms with Gasteiger partial charge in [0.05, 0.1) is 11.1 Å². The summed E-state index contributed by atoms with van der Waals surface area (Å²) in [5.41, 5.74) is 12.0. The quantitative estimate of drug-likeness (QED) is 0.127. The standard InChI is InChI=1S/C40H50N5.BF3.FH/c1-7-9-26-43-34-20-13-11-18-32(34)39(3,4)36(43)24-22-30-16-15-17-31(38(30)45-29-41-28-42-45)23-25-37-40(5,6)33-19-12-14-21-35(33)44(37)27-10-8-2;2-1(3)4;/h11-14,18-25,28-29H,7-10,15-17,26-27H2,1-6H3;;1H/q+1;;/p-1. The third-order valence-corrected chi connectivity index (χ3v) is 10.1. The van der Waals surface area contributed by atoms with E-state index in [-0.39, 0.29) is 15.5 Å². The average Bonchev–Trinajstić information content (AvgIpc) is 3.74. The maximum atomic E-state index is 9.67. The van der Waals surface area contributed by atoms with E-state index >= 15 is 0 Å². The fraction of sp³-hybridized carbons (Fsp3) is 0.425. The molecule has 0 saturated heterocycles. The molecule has 0 fully saturated rings. The van der Waals surface area contributed by atoms with Gasteiger partial charge in [-0.25, -0.2) is 9.67 Å². The summed E-state index contributed by atoms with van der Waals surface area (Å²) < 4.78 is 33.5. The molecule has 50 heavy (non-hydrogen) atoms. The Labute approximate surface area is 295 Å². The molecule has 1 aromatic heterocycles. The molecule has 6 rings (SSSR count). The van der Waals surface area contributed by atoms with Gasteiger partial charge in [-0.2, -0.15) is 9.67 Å². The molecular weight excluding hydrogens is 637 g/mol. The first-order valence-corrected chi connectivity index (χ1v) is 17.7. The summed E-state index contributed by atoms with van der Waals surface area (Å²) in [6.07, 6.45) is 20.9. The number of benzene rings is 2. The highest BCUT2D eigenvalue weighted by atomic mass is 19.4. The van der Waals surface area contributed by atoms with Crippen LogP contribution in [-0.2, 0) is 10.8 Å². The van der Waals surface area contributed by atoms with Gasteiger partial charge in [0.25, 0.3) is 0 Å². The molecule has 0 unspecified atom stereocenters. The Kier molecular flexibility index (Phi) is 12.9. The molecule has 10 heteroatoms. The highest BCUT2D eigenvalue weighted by Gasteiger charge is 2.44. The topological polar surface area (TPSA) is 37.0 Å². The monoisotopic (exact) mass is 687 g/mol. The van der Waals surface area contributed by atoms with Gasteiger partial charge in [0, 0.05) is 47.5 Å². The zero-order valence-corrected chi connectivity index (χ0v) is 30.3. The Morgan fingerprint density at radius 3 is 2.22 bits per heavy atom. The van der Waals surface area contributed by atoms with Crippen molar-refractivity contribution in [1.29, 1.82) is 0 Å². The van der Waals surface area contributed by atoms with Gasteiger partial charge in [0.2, 0.25) is 5.69 Å². The summed E-state index contributed by atoms with van der Waals surface area (Å²) in [6.45, 7) is 16.1. The maximum Gasteiger partial charge on any atom is 0.762 e. The van der Waals surface area contributed by atoms with Gasteiger partial charge in [0.15, 0.2) is 5.71 Å². The van der Waals surface area contributed by atoms with E-state index in [1.54, 1.807) is 6.33 Å². The average molecular weight is 688 g/mol. The minimum atomic E-state index is -3.67. The molecule has 0 bridgehead atoms. The minimum Gasteiger partial charge on any atom is -1.00 e. The van der Waals surface area contributed by atoms with Gasteiger partial charge in [0.1, 0.15) is 19.2 Å². The molecule has 2 aliphatic heterocycles. The highest BCUT2D eigenvalue weighted by Crippen LogP contribution is 2.48. The number of fused-ring (bicyclic) bond motifs is 2. The van der Waals surface area contributed by atoms with E-state index in [1.807, 2.05) is 11.0 Å². The fourth-order valence-corrected chi connectivity index (χ4v) is 7.61.